The molecule has 10 heteroatoms. The van der Waals surface area contributed by atoms with Gasteiger partial charge in [-0.05, 0) is 57.2 Å². The number of ether oxygens (including phenoxy) is 2. The number of nitrogens with one attached hydrogen (secondary N) is 2. The smallest absolute Gasteiger partial charge is 0.290 e. The van der Waals surface area contributed by atoms with E-state index in [1.165, 1.54) is 6.07 Å². The number of nitrogens with zero attached hydrogens (tertiary/aromatic N) is 1. The molecule has 4 atom stereocenters. The summed E-state index contributed by atoms with van der Waals surface area (Å²) in [5, 5.41) is 9.32. The van der Waals surface area contributed by atoms with Crippen molar-refractivity contribution in [3.8, 4) is 5.75 Å². The Morgan fingerprint density at radius 3 is 2.38 bits per heavy atom. The van der Waals surface area contributed by atoms with Crippen molar-refractivity contribution in [2.24, 2.45) is 11.8 Å². The van der Waals surface area contributed by atoms with Gasteiger partial charge in [0.15, 0.2) is 11.6 Å². The number of rotatable bonds is 14. The lowest BCUT2D eigenvalue weighted by atomic mass is 9.88. The topological polar surface area (TPSA) is 140 Å². The van der Waals surface area contributed by atoms with E-state index < -0.39 is 29.5 Å². The summed E-state index contributed by atoms with van der Waals surface area (Å²) in [5.74, 6) is -1.05. The summed E-state index contributed by atoms with van der Waals surface area (Å²) in [4.78, 5) is 52.8. The Hall–Kier alpha value is -3.53. The van der Waals surface area contributed by atoms with Crippen LogP contribution in [-0.2, 0) is 25.5 Å². The van der Waals surface area contributed by atoms with Gasteiger partial charge >= 0.3 is 0 Å². The van der Waals surface area contributed by atoms with Crippen molar-refractivity contribution in [2.45, 2.75) is 83.4 Å². The molecule has 2 aliphatic rings. The zero-order valence-corrected chi connectivity index (χ0v) is 23.7. The van der Waals surface area contributed by atoms with Crippen molar-refractivity contribution in [1.82, 2.24) is 15.8 Å². The van der Waals surface area contributed by atoms with E-state index in [2.05, 4.69) is 15.8 Å². The number of carbonyl (C=O) groups is 4. The first kappa shape index (κ1) is 29.5. The number of epoxide rings is 1. The quantitative estimate of drug-likeness (QED) is 0.340. The van der Waals surface area contributed by atoms with Crippen molar-refractivity contribution in [1.29, 1.82) is 0 Å². The van der Waals surface area contributed by atoms with E-state index in [9.17, 15) is 19.2 Å². The van der Waals surface area contributed by atoms with Crippen LogP contribution in [0.1, 0.15) is 74.2 Å². The van der Waals surface area contributed by atoms with E-state index in [1.54, 1.807) is 40.0 Å². The highest BCUT2D eigenvalue weighted by Crippen LogP contribution is 2.34. The minimum Gasteiger partial charge on any atom is -0.497 e. The van der Waals surface area contributed by atoms with Crippen LogP contribution in [0.15, 0.2) is 34.9 Å². The van der Waals surface area contributed by atoms with Crippen molar-refractivity contribution >= 4 is 23.4 Å². The fourth-order valence-corrected chi connectivity index (χ4v) is 5.26. The summed E-state index contributed by atoms with van der Waals surface area (Å²) in [6, 6.07) is 7.24. The van der Waals surface area contributed by atoms with Crippen LogP contribution < -0.4 is 15.4 Å². The maximum Gasteiger partial charge on any atom is 0.290 e. The summed E-state index contributed by atoms with van der Waals surface area (Å²) in [5.41, 5.74) is 0.529. The molecule has 1 aromatic carbocycles. The normalized spacial score (nSPS) is 20.8. The summed E-state index contributed by atoms with van der Waals surface area (Å²) >= 11 is 0. The molecule has 216 valence electrons. The van der Waals surface area contributed by atoms with Crippen LogP contribution in [0.25, 0.3) is 0 Å². The van der Waals surface area contributed by atoms with E-state index in [1.807, 2.05) is 12.1 Å². The van der Waals surface area contributed by atoms with Gasteiger partial charge in [-0.1, -0.05) is 43.0 Å². The maximum absolute atomic E-state index is 13.7. The largest absolute Gasteiger partial charge is 0.497 e. The molecule has 40 heavy (non-hydrogen) atoms. The molecule has 2 fully saturated rings. The second kappa shape index (κ2) is 12.8. The highest BCUT2D eigenvalue weighted by atomic mass is 16.6. The minimum atomic E-state index is -0.865. The Balaban J connectivity index is 1.48. The molecule has 1 aliphatic carbocycles. The van der Waals surface area contributed by atoms with Gasteiger partial charge in [-0.25, -0.2) is 0 Å². The number of carbonyl (C=O) groups excluding carboxylic acids is 4. The van der Waals surface area contributed by atoms with Gasteiger partial charge in [0, 0.05) is 18.4 Å². The van der Waals surface area contributed by atoms with Crippen LogP contribution in [0.2, 0.25) is 0 Å². The number of aryl methyl sites for hydroxylation is 1. The lowest BCUT2D eigenvalue weighted by Crippen LogP contribution is -2.49. The third-order valence-corrected chi connectivity index (χ3v) is 7.92. The molecule has 0 bridgehead atoms. The number of methoxy groups -OCH3 is 1. The summed E-state index contributed by atoms with van der Waals surface area (Å²) in [7, 11) is 1.57. The third-order valence-electron chi connectivity index (χ3n) is 7.92. The van der Waals surface area contributed by atoms with E-state index >= 15 is 0 Å². The van der Waals surface area contributed by atoms with Crippen LogP contribution >= 0.6 is 0 Å². The highest BCUT2D eigenvalue weighted by Gasteiger charge is 2.50. The molecular weight excluding hydrogens is 514 g/mol. The molecule has 2 heterocycles. The van der Waals surface area contributed by atoms with Crippen molar-refractivity contribution in [3.63, 3.8) is 0 Å². The van der Waals surface area contributed by atoms with Crippen LogP contribution in [-0.4, -0.2) is 59.9 Å². The highest BCUT2D eigenvalue weighted by molar-refractivity contribution is 5.99. The molecule has 0 radical (unpaired) electrons. The minimum absolute atomic E-state index is 0.00809. The van der Waals surface area contributed by atoms with E-state index in [0.29, 0.717) is 30.4 Å². The van der Waals surface area contributed by atoms with Gasteiger partial charge in [0.1, 0.15) is 11.4 Å². The molecule has 1 aromatic heterocycles. The molecule has 2 amide bonds. The Bertz CT molecular complexity index is 1210. The molecular formula is C30H39N3O7. The third kappa shape index (κ3) is 7.56. The fraction of sp³-hybridized carbons (Fsp3) is 0.567. The monoisotopic (exact) mass is 553 g/mol. The standard InChI is InChI=1S/C30H39N3O7/c1-18-13-26(40-33-18)29(37)31-19(2)25(34)16-22(14-21-9-11-23(38-4)12-10-21)28(36)32-24(15-20-7-5-6-8-20)27(35)30(3)17-39-30/h9-13,19-20,22,24H,5-8,14-17H2,1-4H3,(H,31,37)(H,32,36). The molecule has 2 N–H and O–H groups in total. The van der Waals surface area contributed by atoms with Crippen molar-refractivity contribution in [3.05, 3.63) is 47.3 Å². The number of ketones is 2. The first-order valence-corrected chi connectivity index (χ1v) is 14.0. The Morgan fingerprint density at radius 2 is 1.80 bits per heavy atom. The Morgan fingerprint density at radius 1 is 1.12 bits per heavy atom. The SMILES string of the molecule is COc1ccc(CC(CC(=O)C(C)NC(=O)c2cc(C)no2)C(=O)NC(CC2CCCC2)C(=O)C2(C)CO2)cc1. The molecule has 4 rings (SSSR count). The molecule has 1 aliphatic heterocycles. The molecule has 0 spiro atoms. The van der Waals surface area contributed by atoms with Gasteiger partial charge in [-0.3, -0.25) is 19.2 Å². The van der Waals surface area contributed by atoms with Gasteiger partial charge in [-0.15, -0.1) is 0 Å². The maximum atomic E-state index is 13.7. The first-order chi connectivity index (χ1) is 19.1. The van der Waals surface area contributed by atoms with Gasteiger partial charge < -0.3 is 24.6 Å². The Labute approximate surface area is 234 Å². The fourth-order valence-electron chi connectivity index (χ4n) is 5.26. The Kier molecular flexibility index (Phi) is 9.40. The van der Waals surface area contributed by atoms with Crippen LogP contribution in [0.4, 0.5) is 0 Å². The predicted molar refractivity (Wildman–Crippen MR) is 146 cm³/mol. The lowest BCUT2D eigenvalue weighted by Gasteiger charge is -2.26. The zero-order valence-electron chi connectivity index (χ0n) is 23.7. The van der Waals surface area contributed by atoms with Gasteiger partial charge in [0.05, 0.1) is 31.5 Å². The van der Waals surface area contributed by atoms with E-state index in [0.717, 1.165) is 31.2 Å². The number of Topliss-reactive ketones (excluding diaryl/α,β-unsaturated/α-hetero) is 2. The van der Waals surface area contributed by atoms with Crippen molar-refractivity contribution < 1.29 is 33.2 Å². The summed E-state index contributed by atoms with van der Waals surface area (Å²) < 4.78 is 15.6. The molecule has 1 saturated heterocycles. The van der Waals surface area contributed by atoms with Crippen LogP contribution in [0, 0.1) is 18.8 Å². The second-order valence-electron chi connectivity index (χ2n) is 11.3. The van der Waals surface area contributed by atoms with E-state index in [4.69, 9.17) is 14.0 Å². The number of amides is 2. The summed E-state index contributed by atoms with van der Waals surface area (Å²) in [6.07, 6.45) is 5.04. The van der Waals surface area contributed by atoms with Crippen molar-refractivity contribution in [2.75, 3.05) is 13.7 Å². The summed E-state index contributed by atoms with van der Waals surface area (Å²) in [6.45, 7) is 5.36. The predicted octanol–water partition coefficient (Wildman–Crippen LogP) is 3.35. The van der Waals surface area contributed by atoms with Gasteiger partial charge in [0.2, 0.25) is 11.7 Å². The molecule has 10 nitrogen and oxygen atoms in total. The molecule has 4 unspecified atom stereocenters. The van der Waals surface area contributed by atoms with Crippen LogP contribution in [0.5, 0.6) is 5.75 Å². The number of hydrogen-bond donors (Lipinski definition) is 2. The van der Waals surface area contributed by atoms with Gasteiger partial charge in [-0.2, -0.15) is 0 Å². The van der Waals surface area contributed by atoms with Crippen LogP contribution in [0.3, 0.4) is 0 Å². The number of aromatic nitrogens is 1. The lowest BCUT2D eigenvalue weighted by molar-refractivity contribution is -0.134. The molecule has 2 aromatic rings. The average molecular weight is 554 g/mol. The first-order valence-electron chi connectivity index (χ1n) is 14.0. The second-order valence-corrected chi connectivity index (χ2v) is 11.3. The number of hydrogen-bond acceptors (Lipinski definition) is 8. The van der Waals surface area contributed by atoms with E-state index in [-0.39, 0.29) is 36.1 Å². The van der Waals surface area contributed by atoms with Gasteiger partial charge in [0.25, 0.3) is 5.91 Å². The average Bonchev–Trinajstić information content (AvgIpc) is 3.28. The molecule has 1 saturated carbocycles. The number of benzene rings is 1. The zero-order chi connectivity index (χ0) is 28.9.